The summed E-state index contributed by atoms with van der Waals surface area (Å²) in [6, 6.07) is 5.96. The van der Waals surface area contributed by atoms with Crippen LogP contribution in [0.5, 0.6) is 5.75 Å². The molecule has 15 heavy (non-hydrogen) atoms. The van der Waals surface area contributed by atoms with Gasteiger partial charge in [-0.1, -0.05) is 6.07 Å². The van der Waals surface area contributed by atoms with Gasteiger partial charge in [0, 0.05) is 0 Å². The average molecular weight is 203 g/mol. The monoisotopic (exact) mass is 203 g/mol. The number of isocyanates is 1. The van der Waals surface area contributed by atoms with E-state index in [4.69, 9.17) is 4.74 Å². The fraction of sp³-hybridized carbons (Fsp3) is 0.417. The van der Waals surface area contributed by atoms with Crippen molar-refractivity contribution in [2.45, 2.75) is 25.3 Å². The van der Waals surface area contributed by atoms with E-state index in [2.05, 4.69) is 11.1 Å². The van der Waals surface area contributed by atoms with E-state index in [9.17, 15) is 4.79 Å². The third kappa shape index (κ3) is 1.79. The Balaban J connectivity index is 2.44. The van der Waals surface area contributed by atoms with Crippen molar-refractivity contribution < 1.29 is 9.53 Å². The second-order valence-corrected chi connectivity index (χ2v) is 3.97. The van der Waals surface area contributed by atoms with E-state index in [-0.39, 0.29) is 5.54 Å². The number of hydrogen-bond donors (Lipinski definition) is 0. The zero-order chi connectivity index (χ0) is 10.9. The molecule has 0 saturated heterocycles. The van der Waals surface area contributed by atoms with Crippen molar-refractivity contribution >= 4 is 6.08 Å². The van der Waals surface area contributed by atoms with Gasteiger partial charge in [0.15, 0.2) is 0 Å². The summed E-state index contributed by atoms with van der Waals surface area (Å²) in [6.07, 6.45) is 3.51. The number of aliphatic imine (C=N–C) groups is 1. The van der Waals surface area contributed by atoms with Crippen LogP contribution in [0.1, 0.15) is 24.0 Å². The van der Waals surface area contributed by atoms with Crippen LogP contribution in [0.4, 0.5) is 0 Å². The van der Waals surface area contributed by atoms with Crippen LogP contribution in [0.3, 0.4) is 0 Å². The Bertz CT molecular complexity index is 429. The molecule has 78 valence electrons. The number of methoxy groups -OCH3 is 1. The van der Waals surface area contributed by atoms with Crippen molar-refractivity contribution in [2.24, 2.45) is 4.99 Å². The lowest BCUT2D eigenvalue weighted by Gasteiger charge is -2.11. The quantitative estimate of drug-likeness (QED) is 0.558. The van der Waals surface area contributed by atoms with Crippen LogP contribution >= 0.6 is 0 Å². The zero-order valence-electron chi connectivity index (χ0n) is 8.91. The topological polar surface area (TPSA) is 38.7 Å². The van der Waals surface area contributed by atoms with Crippen molar-refractivity contribution in [3.8, 4) is 5.75 Å². The minimum Gasteiger partial charge on any atom is -0.497 e. The molecule has 1 aliphatic carbocycles. The Morgan fingerprint density at radius 1 is 1.40 bits per heavy atom. The smallest absolute Gasteiger partial charge is 0.235 e. The summed E-state index contributed by atoms with van der Waals surface area (Å²) >= 11 is 0. The van der Waals surface area contributed by atoms with Gasteiger partial charge < -0.3 is 4.74 Å². The first-order chi connectivity index (χ1) is 7.20. The molecule has 3 heteroatoms. The Morgan fingerprint density at radius 3 is 2.67 bits per heavy atom. The lowest BCUT2D eigenvalue weighted by atomic mass is 10.0. The maximum atomic E-state index is 10.4. The van der Waals surface area contributed by atoms with Crippen LogP contribution in [-0.2, 0) is 10.3 Å². The summed E-state index contributed by atoms with van der Waals surface area (Å²) in [4.78, 5) is 14.2. The first kappa shape index (κ1) is 9.94. The molecule has 0 radical (unpaired) electrons. The third-order valence-electron chi connectivity index (χ3n) is 2.81. The molecule has 1 aliphatic rings. The highest BCUT2D eigenvalue weighted by molar-refractivity contribution is 5.45. The normalized spacial score (nSPS) is 16.7. The van der Waals surface area contributed by atoms with Gasteiger partial charge in [-0.2, -0.15) is 4.99 Å². The summed E-state index contributed by atoms with van der Waals surface area (Å²) in [5, 5.41) is 0. The summed E-state index contributed by atoms with van der Waals surface area (Å²) < 4.78 is 5.20. The highest BCUT2D eigenvalue weighted by Gasteiger charge is 2.45. The van der Waals surface area contributed by atoms with Crippen molar-refractivity contribution in [3.63, 3.8) is 0 Å². The minimum absolute atomic E-state index is 0.305. The minimum atomic E-state index is -0.305. The van der Waals surface area contributed by atoms with E-state index in [0.717, 1.165) is 29.7 Å². The van der Waals surface area contributed by atoms with Crippen LogP contribution in [0.25, 0.3) is 0 Å². The van der Waals surface area contributed by atoms with Gasteiger partial charge in [0.25, 0.3) is 0 Å². The summed E-state index contributed by atoms with van der Waals surface area (Å²) in [5.41, 5.74) is 1.88. The molecule has 0 spiro atoms. The van der Waals surface area contributed by atoms with Crippen molar-refractivity contribution in [1.29, 1.82) is 0 Å². The maximum Gasteiger partial charge on any atom is 0.235 e. The molecule has 1 aromatic rings. The molecule has 0 aromatic heterocycles. The third-order valence-corrected chi connectivity index (χ3v) is 2.81. The van der Waals surface area contributed by atoms with Gasteiger partial charge in [0.1, 0.15) is 5.75 Å². The molecule has 0 aliphatic heterocycles. The number of rotatable bonds is 3. The second-order valence-electron chi connectivity index (χ2n) is 3.97. The molecule has 0 atom stereocenters. The SMILES string of the molecule is COc1cc(C)cc(C2(N=C=O)CC2)c1. The first-order valence-electron chi connectivity index (χ1n) is 4.95. The number of nitrogens with zero attached hydrogens (tertiary/aromatic N) is 1. The molecule has 0 amide bonds. The van der Waals surface area contributed by atoms with Crippen LogP contribution in [0.2, 0.25) is 0 Å². The highest BCUT2D eigenvalue weighted by Crippen LogP contribution is 2.50. The number of carbonyl (C=O) groups excluding carboxylic acids is 1. The standard InChI is InChI=1S/C12H13NO2/c1-9-5-10(7-11(6-9)15-2)12(3-4-12)13-8-14/h5-7H,3-4H2,1-2H3. The number of ether oxygens (including phenoxy) is 1. The summed E-state index contributed by atoms with van der Waals surface area (Å²) in [5.74, 6) is 0.817. The van der Waals surface area contributed by atoms with Crippen molar-refractivity contribution in [1.82, 2.24) is 0 Å². The molecular weight excluding hydrogens is 190 g/mol. The Labute approximate surface area is 88.8 Å². The molecule has 0 unspecified atom stereocenters. The van der Waals surface area contributed by atoms with Gasteiger partial charge in [0.05, 0.1) is 12.6 Å². The predicted octanol–water partition coefficient (Wildman–Crippen LogP) is 2.33. The van der Waals surface area contributed by atoms with Crippen LogP contribution in [0, 0.1) is 6.92 Å². The maximum absolute atomic E-state index is 10.4. The predicted molar refractivity (Wildman–Crippen MR) is 56.8 cm³/mol. The fourth-order valence-electron chi connectivity index (χ4n) is 1.81. The van der Waals surface area contributed by atoms with Crippen LogP contribution < -0.4 is 4.74 Å². The van der Waals surface area contributed by atoms with E-state index in [1.807, 2.05) is 19.1 Å². The highest BCUT2D eigenvalue weighted by atomic mass is 16.5. The van der Waals surface area contributed by atoms with E-state index in [0.29, 0.717) is 0 Å². The largest absolute Gasteiger partial charge is 0.497 e. The summed E-state index contributed by atoms with van der Waals surface area (Å²) in [7, 11) is 1.64. The molecule has 1 saturated carbocycles. The zero-order valence-corrected chi connectivity index (χ0v) is 8.91. The van der Waals surface area contributed by atoms with Gasteiger partial charge in [-0.05, 0) is 43.0 Å². The average Bonchev–Trinajstić information content (AvgIpc) is 2.98. The van der Waals surface area contributed by atoms with Crippen molar-refractivity contribution in [3.05, 3.63) is 29.3 Å². The number of hydrogen-bond acceptors (Lipinski definition) is 3. The van der Waals surface area contributed by atoms with Gasteiger partial charge in [-0.25, -0.2) is 4.79 Å². The molecule has 0 N–H and O–H groups in total. The Kier molecular flexibility index (Phi) is 2.33. The molecule has 1 fully saturated rings. The molecule has 1 aromatic carbocycles. The van der Waals surface area contributed by atoms with Gasteiger partial charge in [0.2, 0.25) is 6.08 Å². The first-order valence-corrected chi connectivity index (χ1v) is 4.95. The van der Waals surface area contributed by atoms with Gasteiger partial charge in [-0.15, -0.1) is 0 Å². The second kappa shape index (κ2) is 3.52. The number of aryl methyl sites for hydroxylation is 1. The molecule has 3 nitrogen and oxygen atoms in total. The Hall–Kier alpha value is -1.60. The lowest BCUT2D eigenvalue weighted by molar-refractivity contribution is 0.413. The van der Waals surface area contributed by atoms with E-state index in [1.54, 1.807) is 13.2 Å². The van der Waals surface area contributed by atoms with Gasteiger partial charge in [-0.3, -0.25) is 0 Å². The molecule has 0 bridgehead atoms. The summed E-state index contributed by atoms with van der Waals surface area (Å²) in [6.45, 7) is 2.01. The van der Waals surface area contributed by atoms with Crippen LogP contribution in [0.15, 0.2) is 23.2 Å². The van der Waals surface area contributed by atoms with E-state index in [1.165, 1.54) is 0 Å². The molecule has 2 rings (SSSR count). The van der Waals surface area contributed by atoms with E-state index < -0.39 is 0 Å². The Morgan fingerprint density at radius 2 is 2.13 bits per heavy atom. The van der Waals surface area contributed by atoms with Crippen LogP contribution in [-0.4, -0.2) is 13.2 Å². The lowest BCUT2D eigenvalue weighted by Crippen LogP contribution is -2.03. The van der Waals surface area contributed by atoms with Crippen molar-refractivity contribution in [2.75, 3.05) is 7.11 Å². The fourth-order valence-corrected chi connectivity index (χ4v) is 1.81. The van der Waals surface area contributed by atoms with Gasteiger partial charge >= 0.3 is 0 Å². The van der Waals surface area contributed by atoms with E-state index >= 15 is 0 Å². The number of benzene rings is 1. The molecule has 0 heterocycles. The molecular formula is C12H13NO2.